The van der Waals surface area contributed by atoms with Crippen LogP contribution in [0.25, 0.3) is 10.8 Å². The molecule has 0 amide bonds. The number of aromatic hydroxyl groups is 1. The van der Waals surface area contributed by atoms with E-state index in [0.29, 0.717) is 16.3 Å². The van der Waals surface area contributed by atoms with E-state index in [1.165, 1.54) is 18.2 Å². The summed E-state index contributed by atoms with van der Waals surface area (Å²) in [5.41, 5.74) is 0.681. The molecule has 18 heavy (non-hydrogen) atoms. The Morgan fingerprint density at radius 3 is 2.17 bits per heavy atom. The average Bonchev–Trinajstić information content (AvgIpc) is 2.38. The van der Waals surface area contributed by atoms with E-state index >= 15 is 0 Å². The fourth-order valence-corrected chi connectivity index (χ4v) is 1.74. The molecule has 0 heterocycles. The molecule has 0 bridgehead atoms. The van der Waals surface area contributed by atoms with Crippen LogP contribution in [0, 0.1) is 12.7 Å². The summed E-state index contributed by atoms with van der Waals surface area (Å²) in [6.45, 7) is 9.74. The molecule has 2 aromatic carbocycles. The molecule has 0 saturated heterocycles. The third-order valence-corrected chi connectivity index (χ3v) is 2.48. The number of rotatable bonds is 0. The second kappa shape index (κ2) is 7.93. The van der Waals surface area contributed by atoms with E-state index in [1.807, 2.05) is 27.7 Å². The number of phenols is 1. The second-order valence-corrected chi connectivity index (χ2v) is 3.63. The van der Waals surface area contributed by atoms with E-state index in [0.717, 1.165) is 0 Å². The smallest absolute Gasteiger partial charge is 0.149 e. The van der Waals surface area contributed by atoms with Crippen LogP contribution in [-0.2, 0) is 0 Å². The minimum absolute atomic E-state index is 0.103. The zero-order chi connectivity index (χ0) is 14.3. The van der Waals surface area contributed by atoms with Crippen LogP contribution in [0.1, 0.15) is 33.3 Å². The van der Waals surface area contributed by atoms with Crippen molar-refractivity contribution in [3.63, 3.8) is 0 Å². The van der Waals surface area contributed by atoms with Gasteiger partial charge in [0.25, 0.3) is 0 Å². The summed E-state index contributed by atoms with van der Waals surface area (Å²) in [4.78, 5) is 0. The molecule has 2 aromatic rings. The van der Waals surface area contributed by atoms with Gasteiger partial charge in [0, 0.05) is 5.39 Å². The van der Waals surface area contributed by atoms with E-state index in [2.05, 4.69) is 0 Å². The largest absolute Gasteiger partial charge is 0.508 e. The van der Waals surface area contributed by atoms with Crippen LogP contribution in [0.3, 0.4) is 0 Å². The van der Waals surface area contributed by atoms with Crippen LogP contribution in [0.4, 0.5) is 4.39 Å². The lowest BCUT2D eigenvalue weighted by Gasteiger charge is -2.05. The monoisotopic (exact) mass is 270 g/mol. The van der Waals surface area contributed by atoms with Gasteiger partial charge in [-0.3, -0.25) is 0 Å². The Bertz CT molecular complexity index is 509. The molecule has 0 aliphatic rings. The Morgan fingerprint density at radius 1 is 1.06 bits per heavy atom. The standard InChI is InChI=1S/C11H8ClFO.2C2H6/c1-6-4-8(14)5-7-2-3-9(12)11(13)10(6)7;2*1-2/h2-5,14H,1H3;2*1-2H3. The summed E-state index contributed by atoms with van der Waals surface area (Å²) >= 11 is 5.66. The molecule has 1 N–H and O–H groups in total. The summed E-state index contributed by atoms with van der Waals surface area (Å²) in [6, 6.07) is 6.20. The highest BCUT2D eigenvalue weighted by atomic mass is 35.5. The Labute approximate surface area is 113 Å². The molecule has 0 aliphatic carbocycles. The molecule has 3 heteroatoms. The van der Waals surface area contributed by atoms with Gasteiger partial charge in [-0.1, -0.05) is 45.4 Å². The number of hydrogen-bond donors (Lipinski definition) is 1. The van der Waals surface area contributed by atoms with E-state index in [1.54, 1.807) is 13.0 Å². The van der Waals surface area contributed by atoms with Crippen molar-refractivity contribution in [3.8, 4) is 5.75 Å². The van der Waals surface area contributed by atoms with Crippen LogP contribution >= 0.6 is 11.6 Å². The fraction of sp³-hybridized carbons (Fsp3) is 0.333. The van der Waals surface area contributed by atoms with Crippen molar-refractivity contribution in [2.75, 3.05) is 0 Å². The number of fused-ring (bicyclic) bond motifs is 1. The molecule has 0 spiro atoms. The fourth-order valence-electron chi connectivity index (χ4n) is 1.58. The first-order chi connectivity index (χ1) is 8.59. The number of aryl methyl sites for hydroxylation is 1. The van der Waals surface area contributed by atoms with Crippen molar-refractivity contribution in [2.24, 2.45) is 0 Å². The lowest BCUT2D eigenvalue weighted by atomic mass is 10.0. The van der Waals surface area contributed by atoms with Crippen LogP contribution < -0.4 is 0 Å². The third-order valence-electron chi connectivity index (χ3n) is 2.19. The zero-order valence-electron chi connectivity index (χ0n) is 11.5. The average molecular weight is 271 g/mol. The molecule has 0 saturated carbocycles. The van der Waals surface area contributed by atoms with Gasteiger partial charge in [-0.2, -0.15) is 0 Å². The molecule has 0 aromatic heterocycles. The minimum atomic E-state index is -0.429. The summed E-state index contributed by atoms with van der Waals surface area (Å²) in [6.07, 6.45) is 0. The number of halogens is 2. The Hall–Kier alpha value is -1.28. The molecule has 100 valence electrons. The Kier molecular flexibility index (Phi) is 7.37. The molecule has 0 radical (unpaired) electrons. The quantitative estimate of drug-likeness (QED) is 0.651. The van der Waals surface area contributed by atoms with Crippen molar-refractivity contribution in [2.45, 2.75) is 34.6 Å². The van der Waals surface area contributed by atoms with Crippen molar-refractivity contribution in [3.05, 3.63) is 40.7 Å². The van der Waals surface area contributed by atoms with Crippen molar-refractivity contribution in [1.82, 2.24) is 0 Å². The molecular formula is C15H20ClFO. The number of phenolic OH excluding ortho intramolecular Hbond substituents is 1. The predicted molar refractivity (Wildman–Crippen MR) is 78.0 cm³/mol. The van der Waals surface area contributed by atoms with Crippen molar-refractivity contribution < 1.29 is 9.50 Å². The summed E-state index contributed by atoms with van der Waals surface area (Å²) < 4.78 is 13.6. The minimum Gasteiger partial charge on any atom is -0.508 e. The highest BCUT2D eigenvalue weighted by Crippen LogP contribution is 2.30. The molecule has 0 atom stereocenters. The first-order valence-corrected chi connectivity index (χ1v) is 6.54. The van der Waals surface area contributed by atoms with Crippen LogP contribution in [0.2, 0.25) is 5.02 Å². The highest BCUT2D eigenvalue weighted by Gasteiger charge is 2.08. The maximum atomic E-state index is 13.6. The first-order valence-electron chi connectivity index (χ1n) is 6.17. The van der Waals surface area contributed by atoms with Crippen LogP contribution in [0.15, 0.2) is 24.3 Å². The Morgan fingerprint density at radius 2 is 1.61 bits per heavy atom. The predicted octanol–water partition coefficient (Wildman–Crippen LogP) is 5.70. The molecular weight excluding hydrogens is 251 g/mol. The lowest BCUT2D eigenvalue weighted by Crippen LogP contribution is -1.85. The molecule has 1 nitrogen and oxygen atoms in total. The summed E-state index contributed by atoms with van der Waals surface area (Å²) in [5, 5.41) is 10.5. The summed E-state index contributed by atoms with van der Waals surface area (Å²) in [5.74, 6) is -0.293. The number of benzene rings is 2. The molecule has 0 aliphatic heterocycles. The van der Waals surface area contributed by atoms with Gasteiger partial charge in [-0.05, 0) is 36.1 Å². The van der Waals surface area contributed by atoms with E-state index in [-0.39, 0.29) is 10.8 Å². The molecule has 0 fully saturated rings. The molecule has 2 rings (SSSR count). The van der Waals surface area contributed by atoms with Gasteiger partial charge in [-0.25, -0.2) is 4.39 Å². The highest BCUT2D eigenvalue weighted by molar-refractivity contribution is 6.31. The van der Waals surface area contributed by atoms with Gasteiger partial charge < -0.3 is 5.11 Å². The lowest BCUT2D eigenvalue weighted by molar-refractivity contribution is 0.475. The normalized spacial score (nSPS) is 9.06. The zero-order valence-corrected chi connectivity index (χ0v) is 12.3. The third kappa shape index (κ3) is 3.61. The maximum absolute atomic E-state index is 13.6. The van der Waals surface area contributed by atoms with Gasteiger partial charge in [0.15, 0.2) is 0 Å². The van der Waals surface area contributed by atoms with Crippen molar-refractivity contribution >= 4 is 22.4 Å². The van der Waals surface area contributed by atoms with Gasteiger partial charge in [0.2, 0.25) is 0 Å². The molecule has 0 unspecified atom stereocenters. The van der Waals surface area contributed by atoms with Gasteiger partial charge in [0.05, 0.1) is 5.02 Å². The first kappa shape index (κ1) is 16.7. The Balaban J connectivity index is 0.000000659. The van der Waals surface area contributed by atoms with Crippen molar-refractivity contribution in [1.29, 1.82) is 0 Å². The van der Waals surface area contributed by atoms with Gasteiger partial charge in [0.1, 0.15) is 11.6 Å². The van der Waals surface area contributed by atoms with Crippen LogP contribution in [-0.4, -0.2) is 5.11 Å². The van der Waals surface area contributed by atoms with E-state index in [9.17, 15) is 9.50 Å². The summed E-state index contributed by atoms with van der Waals surface area (Å²) in [7, 11) is 0. The SMILES string of the molecule is CC.CC.Cc1cc(O)cc2ccc(Cl)c(F)c12. The van der Waals surface area contributed by atoms with E-state index in [4.69, 9.17) is 11.6 Å². The van der Waals surface area contributed by atoms with E-state index < -0.39 is 5.82 Å². The topological polar surface area (TPSA) is 20.2 Å². The van der Waals surface area contributed by atoms with Gasteiger partial charge in [-0.15, -0.1) is 0 Å². The van der Waals surface area contributed by atoms with Crippen LogP contribution in [0.5, 0.6) is 5.75 Å². The maximum Gasteiger partial charge on any atom is 0.149 e. The number of hydrogen-bond acceptors (Lipinski definition) is 1. The van der Waals surface area contributed by atoms with Gasteiger partial charge >= 0.3 is 0 Å². The second-order valence-electron chi connectivity index (χ2n) is 3.22.